The Morgan fingerprint density at radius 3 is 2.83 bits per heavy atom. The lowest BCUT2D eigenvalue weighted by molar-refractivity contribution is 0.1000. The number of carbonyl (C=O) groups is 1. The van der Waals surface area contributed by atoms with Crippen LogP contribution in [0, 0.1) is 6.92 Å². The molecular weight excluding hydrogens is 228 g/mol. The number of hydrogen-bond acceptors (Lipinski definition) is 3. The molecule has 4 nitrogen and oxygen atoms in total. The van der Waals surface area contributed by atoms with Gasteiger partial charge < -0.3 is 15.8 Å². The number of primary amides is 1. The summed E-state index contributed by atoms with van der Waals surface area (Å²) >= 11 is 0. The van der Waals surface area contributed by atoms with E-state index in [2.05, 4.69) is 5.32 Å². The molecule has 0 saturated carbocycles. The molecule has 0 aliphatic rings. The molecule has 0 radical (unpaired) electrons. The highest BCUT2D eigenvalue weighted by Gasteiger charge is 2.03. The average molecular weight is 250 g/mol. The van der Waals surface area contributed by atoms with Crippen LogP contribution in [0.3, 0.4) is 0 Å². The summed E-state index contributed by atoms with van der Waals surface area (Å²) in [6.07, 6.45) is 1.01. The van der Waals surface area contributed by atoms with Crippen molar-refractivity contribution in [2.75, 3.05) is 19.8 Å². The van der Waals surface area contributed by atoms with Crippen LogP contribution in [0.15, 0.2) is 18.2 Å². The molecule has 0 aliphatic heterocycles. The lowest BCUT2D eigenvalue weighted by atomic mass is 10.0. The smallest absolute Gasteiger partial charge is 0.248 e. The third-order valence-corrected chi connectivity index (χ3v) is 2.79. The van der Waals surface area contributed by atoms with Gasteiger partial charge in [-0.3, -0.25) is 4.79 Å². The maximum Gasteiger partial charge on any atom is 0.248 e. The van der Waals surface area contributed by atoms with E-state index in [0.717, 1.165) is 38.3 Å². The summed E-state index contributed by atoms with van der Waals surface area (Å²) in [5.41, 5.74) is 8.07. The van der Waals surface area contributed by atoms with E-state index in [1.54, 1.807) is 6.07 Å². The molecule has 0 heterocycles. The standard InChI is InChI=1S/C14H22N2O2/c1-3-18-8-4-7-16-10-13-6-5-12(14(15)17)9-11(13)2/h5-6,9,16H,3-4,7-8,10H2,1-2H3,(H2,15,17). The lowest BCUT2D eigenvalue weighted by Gasteiger charge is -2.09. The number of rotatable bonds is 8. The van der Waals surface area contributed by atoms with E-state index >= 15 is 0 Å². The topological polar surface area (TPSA) is 64.3 Å². The Bertz CT molecular complexity index is 391. The third-order valence-electron chi connectivity index (χ3n) is 2.79. The van der Waals surface area contributed by atoms with Gasteiger partial charge in [0.1, 0.15) is 0 Å². The van der Waals surface area contributed by atoms with Gasteiger partial charge in [0, 0.05) is 25.3 Å². The second-order valence-corrected chi connectivity index (χ2v) is 4.23. The zero-order chi connectivity index (χ0) is 13.4. The number of ether oxygens (including phenoxy) is 1. The Balaban J connectivity index is 2.36. The molecular formula is C14H22N2O2. The van der Waals surface area contributed by atoms with Gasteiger partial charge in [-0.05, 0) is 50.1 Å². The van der Waals surface area contributed by atoms with E-state index in [1.807, 2.05) is 26.0 Å². The molecule has 0 saturated heterocycles. The zero-order valence-corrected chi connectivity index (χ0v) is 11.2. The average Bonchev–Trinajstić information content (AvgIpc) is 2.35. The summed E-state index contributed by atoms with van der Waals surface area (Å²) in [6.45, 7) is 7.28. The van der Waals surface area contributed by atoms with Crippen LogP contribution < -0.4 is 11.1 Å². The molecule has 18 heavy (non-hydrogen) atoms. The number of carbonyl (C=O) groups excluding carboxylic acids is 1. The minimum atomic E-state index is -0.380. The minimum absolute atomic E-state index is 0.380. The third kappa shape index (κ3) is 4.85. The van der Waals surface area contributed by atoms with Gasteiger partial charge >= 0.3 is 0 Å². The van der Waals surface area contributed by atoms with Crippen molar-refractivity contribution in [2.45, 2.75) is 26.8 Å². The predicted molar refractivity (Wildman–Crippen MR) is 72.5 cm³/mol. The van der Waals surface area contributed by atoms with E-state index in [4.69, 9.17) is 10.5 Å². The quantitative estimate of drug-likeness (QED) is 0.689. The highest BCUT2D eigenvalue weighted by atomic mass is 16.5. The van der Waals surface area contributed by atoms with Crippen molar-refractivity contribution in [1.82, 2.24) is 5.32 Å². The summed E-state index contributed by atoms with van der Waals surface area (Å²) in [5, 5.41) is 3.35. The number of nitrogens with one attached hydrogen (secondary N) is 1. The number of amides is 1. The second-order valence-electron chi connectivity index (χ2n) is 4.23. The van der Waals surface area contributed by atoms with Crippen molar-refractivity contribution in [3.8, 4) is 0 Å². The van der Waals surface area contributed by atoms with Gasteiger partial charge in [-0.2, -0.15) is 0 Å². The molecule has 1 amide bonds. The van der Waals surface area contributed by atoms with E-state index in [-0.39, 0.29) is 5.91 Å². The molecule has 0 atom stereocenters. The molecule has 0 aromatic heterocycles. The van der Waals surface area contributed by atoms with Gasteiger partial charge in [0.25, 0.3) is 0 Å². The fourth-order valence-corrected chi connectivity index (χ4v) is 1.71. The van der Waals surface area contributed by atoms with E-state index < -0.39 is 0 Å². The highest BCUT2D eigenvalue weighted by molar-refractivity contribution is 5.93. The highest BCUT2D eigenvalue weighted by Crippen LogP contribution is 2.10. The Morgan fingerprint density at radius 2 is 2.22 bits per heavy atom. The largest absolute Gasteiger partial charge is 0.382 e. The molecule has 100 valence electrons. The van der Waals surface area contributed by atoms with E-state index in [0.29, 0.717) is 5.56 Å². The molecule has 1 aromatic rings. The van der Waals surface area contributed by atoms with Crippen molar-refractivity contribution >= 4 is 5.91 Å². The molecule has 0 aliphatic carbocycles. The number of aryl methyl sites for hydroxylation is 1. The Labute approximate surface area is 109 Å². The van der Waals surface area contributed by atoms with Gasteiger partial charge in [-0.15, -0.1) is 0 Å². The molecule has 3 N–H and O–H groups in total. The second kappa shape index (κ2) is 7.84. The molecule has 0 fully saturated rings. The summed E-state index contributed by atoms with van der Waals surface area (Å²) in [5.74, 6) is -0.380. The van der Waals surface area contributed by atoms with Crippen molar-refractivity contribution in [1.29, 1.82) is 0 Å². The first kappa shape index (κ1) is 14.7. The first-order chi connectivity index (χ1) is 8.65. The van der Waals surface area contributed by atoms with Crippen LogP contribution in [0.1, 0.15) is 34.8 Å². The van der Waals surface area contributed by atoms with Gasteiger partial charge in [0.15, 0.2) is 0 Å². The molecule has 1 rings (SSSR count). The van der Waals surface area contributed by atoms with Crippen molar-refractivity contribution in [3.05, 3.63) is 34.9 Å². The van der Waals surface area contributed by atoms with Crippen LogP contribution in [0.4, 0.5) is 0 Å². The van der Waals surface area contributed by atoms with Gasteiger partial charge in [-0.1, -0.05) is 6.07 Å². The van der Waals surface area contributed by atoms with Gasteiger partial charge in [0.05, 0.1) is 0 Å². The summed E-state index contributed by atoms with van der Waals surface area (Å²) in [6, 6.07) is 5.55. The van der Waals surface area contributed by atoms with Crippen molar-refractivity contribution < 1.29 is 9.53 Å². The first-order valence-corrected chi connectivity index (χ1v) is 6.33. The fourth-order valence-electron chi connectivity index (χ4n) is 1.71. The van der Waals surface area contributed by atoms with Crippen molar-refractivity contribution in [3.63, 3.8) is 0 Å². The first-order valence-electron chi connectivity index (χ1n) is 6.33. The number of hydrogen-bond donors (Lipinski definition) is 2. The molecule has 4 heteroatoms. The van der Waals surface area contributed by atoms with Crippen LogP contribution in [0.2, 0.25) is 0 Å². The van der Waals surface area contributed by atoms with Crippen LogP contribution in [-0.4, -0.2) is 25.7 Å². The fraction of sp³-hybridized carbons (Fsp3) is 0.500. The van der Waals surface area contributed by atoms with Crippen LogP contribution in [0.25, 0.3) is 0 Å². The van der Waals surface area contributed by atoms with Crippen molar-refractivity contribution in [2.24, 2.45) is 5.73 Å². The number of benzene rings is 1. The SMILES string of the molecule is CCOCCCNCc1ccc(C(N)=O)cc1C. The van der Waals surface area contributed by atoms with Gasteiger partial charge in [0.2, 0.25) is 5.91 Å². The Hall–Kier alpha value is -1.39. The predicted octanol–water partition coefficient (Wildman–Crippen LogP) is 1.61. The maximum atomic E-state index is 11.0. The molecule has 0 unspecified atom stereocenters. The normalized spacial score (nSPS) is 10.6. The molecule has 0 bridgehead atoms. The Kier molecular flexibility index (Phi) is 6.39. The van der Waals surface area contributed by atoms with Crippen LogP contribution in [0.5, 0.6) is 0 Å². The summed E-state index contributed by atoms with van der Waals surface area (Å²) in [7, 11) is 0. The van der Waals surface area contributed by atoms with E-state index in [9.17, 15) is 4.79 Å². The summed E-state index contributed by atoms with van der Waals surface area (Å²) in [4.78, 5) is 11.0. The lowest BCUT2D eigenvalue weighted by Crippen LogP contribution is -2.17. The number of nitrogens with two attached hydrogens (primary N) is 1. The van der Waals surface area contributed by atoms with E-state index in [1.165, 1.54) is 5.56 Å². The maximum absolute atomic E-state index is 11.0. The molecule has 1 aromatic carbocycles. The monoisotopic (exact) mass is 250 g/mol. The molecule has 0 spiro atoms. The van der Waals surface area contributed by atoms with Gasteiger partial charge in [-0.25, -0.2) is 0 Å². The van der Waals surface area contributed by atoms with Crippen LogP contribution >= 0.6 is 0 Å². The minimum Gasteiger partial charge on any atom is -0.382 e. The summed E-state index contributed by atoms with van der Waals surface area (Å²) < 4.78 is 5.26. The van der Waals surface area contributed by atoms with Crippen LogP contribution in [-0.2, 0) is 11.3 Å². The Morgan fingerprint density at radius 1 is 1.44 bits per heavy atom. The zero-order valence-electron chi connectivity index (χ0n) is 11.2.